The Morgan fingerprint density at radius 2 is 1.75 bits per heavy atom. The molecule has 2 unspecified atom stereocenters. The van der Waals surface area contributed by atoms with Gasteiger partial charge in [0.2, 0.25) is 21.8 Å². The van der Waals surface area contributed by atoms with Crippen molar-refractivity contribution in [3.05, 3.63) is 82.8 Å². The normalized spacial score (nSPS) is 23.9. The molecule has 3 N–H and O–H groups in total. The lowest BCUT2D eigenvalue weighted by molar-refractivity contribution is -0.130. The molecule has 4 atom stereocenters. The van der Waals surface area contributed by atoms with Crippen molar-refractivity contribution in [3.63, 3.8) is 0 Å². The second kappa shape index (κ2) is 20.9. The molecule has 5 heterocycles. The van der Waals surface area contributed by atoms with Gasteiger partial charge in [0.1, 0.15) is 29.6 Å². The van der Waals surface area contributed by atoms with E-state index in [1.165, 1.54) is 4.90 Å². The number of rotatable bonds is 18. The van der Waals surface area contributed by atoms with Crippen molar-refractivity contribution in [1.82, 2.24) is 20.4 Å². The molecule has 6 aliphatic rings. The fourth-order valence-electron chi connectivity index (χ4n) is 10.5. The van der Waals surface area contributed by atoms with Crippen LogP contribution in [0.3, 0.4) is 0 Å². The summed E-state index contributed by atoms with van der Waals surface area (Å²) < 4.78 is 64.2. The number of halogens is 2. The van der Waals surface area contributed by atoms with Crippen LogP contribution < -0.4 is 29.7 Å². The van der Waals surface area contributed by atoms with Crippen LogP contribution >= 0.6 is 11.6 Å². The van der Waals surface area contributed by atoms with Gasteiger partial charge in [-0.25, -0.2) is 12.8 Å². The van der Waals surface area contributed by atoms with Crippen molar-refractivity contribution >= 4 is 62.8 Å². The van der Waals surface area contributed by atoms with Gasteiger partial charge in [0.25, 0.3) is 0 Å². The Kier molecular flexibility index (Phi) is 14.8. The maximum atomic E-state index is 16.4. The highest BCUT2D eigenvalue weighted by Gasteiger charge is 2.43. The van der Waals surface area contributed by atoms with E-state index in [9.17, 15) is 23.3 Å². The van der Waals surface area contributed by atoms with Gasteiger partial charge >= 0.3 is 0 Å². The number of sulfonamides is 1. The molecular weight excluding hydrogens is 949 g/mol. The summed E-state index contributed by atoms with van der Waals surface area (Å²) in [6.07, 6.45) is 9.31. The maximum absolute atomic E-state index is 16.4. The minimum atomic E-state index is -3.55. The van der Waals surface area contributed by atoms with Crippen LogP contribution in [0.15, 0.2) is 70.8 Å². The van der Waals surface area contributed by atoms with Gasteiger partial charge in [0.15, 0.2) is 17.9 Å². The van der Waals surface area contributed by atoms with Gasteiger partial charge in [-0.05, 0) is 99.5 Å². The van der Waals surface area contributed by atoms with Gasteiger partial charge in [-0.2, -0.15) is 5.26 Å². The number of hydrogen-bond acceptors (Lipinski definition) is 13. The van der Waals surface area contributed by atoms with Crippen LogP contribution in [-0.2, 0) is 24.3 Å². The molecule has 0 spiro atoms. The second-order valence-electron chi connectivity index (χ2n) is 20.0. The van der Waals surface area contributed by atoms with Crippen molar-refractivity contribution in [2.45, 2.75) is 115 Å². The van der Waals surface area contributed by atoms with E-state index >= 15 is 4.39 Å². The zero-order valence-electron chi connectivity index (χ0n) is 40.8. The van der Waals surface area contributed by atoms with Gasteiger partial charge in [-0.15, -0.1) is 0 Å². The molecule has 0 bridgehead atoms. The fourth-order valence-corrected chi connectivity index (χ4v) is 12.1. The number of amides is 2. The van der Waals surface area contributed by atoms with Gasteiger partial charge in [0, 0.05) is 86.5 Å². The second-order valence-corrected chi connectivity index (χ2v) is 22.4. The number of nitrogens with one attached hydrogen (secondary N) is 3. The van der Waals surface area contributed by atoms with Crippen molar-refractivity contribution in [2.75, 3.05) is 49.4 Å². The number of fused-ring (bicyclic) bond motifs is 1. The summed E-state index contributed by atoms with van der Waals surface area (Å²) in [6, 6.07) is 16.5. The lowest BCUT2D eigenvalue weighted by Gasteiger charge is -2.44. The summed E-state index contributed by atoms with van der Waals surface area (Å²) in [7, 11) is -1.86. The molecule has 9 rings (SSSR count). The molecule has 2 amide bonds. The fraction of sp³-hybridized carbons (Fsp3) is 0.519. The Labute approximate surface area is 420 Å². The number of nitrogens with zero attached hydrogens (tertiary/aromatic N) is 6. The van der Waals surface area contributed by atoms with Crippen molar-refractivity contribution in [2.24, 2.45) is 27.2 Å². The average molecular weight is 1010 g/mol. The third-order valence-corrected chi connectivity index (χ3v) is 17.0. The lowest BCUT2D eigenvalue weighted by Crippen LogP contribution is -2.55. The highest BCUT2D eigenvalue weighted by molar-refractivity contribution is 7.93. The maximum Gasteiger partial charge on any atom is 0.244 e. The molecule has 1 aliphatic carbocycles. The number of anilines is 2. The topological polar surface area (TPSA) is 190 Å². The predicted octanol–water partition coefficient (Wildman–Crippen LogP) is 7.34. The van der Waals surface area contributed by atoms with E-state index in [4.69, 9.17) is 35.8 Å². The first kappa shape index (κ1) is 50.4. The molecule has 19 heteroatoms. The standard InChI is InChI=1S/C52H63ClFN9O7S/c1-6-45(52(3,4)46(7-2)69-35-13-11-31(25-55)41(53)24-35)59-49(64)32-26-57-51(58-27-32)62-21-18-34(19-22-62)68-36-28-63(29-36)42-9-8-10-44(47(42)54)70-43-16-12-33(60-71(66,67)37-14-15-37)23-39(43)40-30-61(5)50(65)48-38(40)17-20-56-48/h8-13,16,23-24,26-27,30,32,34,36-38,45-46,48,51,56,60H,6-7,14-15,17-22,28-29H2,1-5H3,(H,59,64)/t32?,38?,45-,46-,48?,51?/m0/s1. The van der Waals surface area contributed by atoms with Crippen molar-refractivity contribution in [3.8, 4) is 23.3 Å². The van der Waals surface area contributed by atoms with E-state index in [0.717, 1.165) is 31.5 Å². The summed E-state index contributed by atoms with van der Waals surface area (Å²) in [5, 5.41) is 15.7. The van der Waals surface area contributed by atoms with Crippen LogP contribution in [0.4, 0.5) is 15.8 Å². The van der Waals surface area contributed by atoms with E-state index in [-0.39, 0.29) is 47.8 Å². The molecule has 378 valence electrons. The molecule has 1 saturated carbocycles. The zero-order valence-corrected chi connectivity index (χ0v) is 42.4. The van der Waals surface area contributed by atoms with Gasteiger partial charge in [0.05, 0.1) is 39.8 Å². The highest BCUT2D eigenvalue weighted by Crippen LogP contribution is 2.44. The molecule has 3 aromatic carbocycles. The minimum absolute atomic E-state index is 0.0281. The van der Waals surface area contributed by atoms with Crippen molar-refractivity contribution in [1.29, 1.82) is 5.26 Å². The monoisotopic (exact) mass is 1010 g/mol. The number of benzene rings is 3. The number of hydrogen-bond donors (Lipinski definition) is 3. The van der Waals surface area contributed by atoms with Crippen LogP contribution in [0, 0.1) is 34.4 Å². The zero-order chi connectivity index (χ0) is 50.2. The van der Waals surface area contributed by atoms with Crippen LogP contribution in [-0.4, -0.2) is 124 Å². The number of aliphatic imine (C=N–C) groups is 2. The molecule has 3 saturated heterocycles. The minimum Gasteiger partial charge on any atom is -0.490 e. The summed E-state index contributed by atoms with van der Waals surface area (Å²) in [5.74, 6) is -0.555. The third kappa shape index (κ3) is 10.8. The van der Waals surface area contributed by atoms with Gasteiger partial charge in [-0.3, -0.25) is 29.2 Å². The van der Waals surface area contributed by atoms with Gasteiger partial charge in [-0.1, -0.05) is 45.4 Å². The molecule has 71 heavy (non-hydrogen) atoms. The molecule has 3 aromatic rings. The number of likely N-dealkylation sites (tertiary alicyclic amines) is 1. The SMILES string of the molecule is CC[C@H](NC(=O)C1C=NC(N2CCC(OC3CN(c4cccc(Oc5ccc(NS(=O)(=O)C6CC6)cc5C5=CN(C)C(=O)C6NCCC56)c4F)C3)CC2)N=C1)C(C)(C)[C@H](CC)Oc1ccc(C#N)c(Cl)c1. The molecule has 0 aromatic heterocycles. The van der Waals surface area contributed by atoms with E-state index in [1.54, 1.807) is 80.3 Å². The number of ether oxygens (including phenoxy) is 3. The largest absolute Gasteiger partial charge is 0.490 e. The van der Waals surface area contributed by atoms with E-state index in [1.807, 2.05) is 18.7 Å². The Morgan fingerprint density at radius 3 is 2.42 bits per heavy atom. The first-order valence-electron chi connectivity index (χ1n) is 24.8. The first-order valence-corrected chi connectivity index (χ1v) is 26.7. The highest BCUT2D eigenvalue weighted by atomic mass is 35.5. The quantitative estimate of drug-likeness (QED) is 0.116. The van der Waals surface area contributed by atoms with E-state index in [0.29, 0.717) is 90.8 Å². The Morgan fingerprint density at radius 1 is 1.00 bits per heavy atom. The third-order valence-electron chi connectivity index (χ3n) is 14.8. The summed E-state index contributed by atoms with van der Waals surface area (Å²) in [4.78, 5) is 41.7. The Bertz CT molecular complexity index is 2740. The molecule has 16 nitrogen and oxygen atoms in total. The van der Waals surface area contributed by atoms with Crippen LogP contribution in [0.1, 0.15) is 83.8 Å². The van der Waals surface area contributed by atoms with E-state index < -0.39 is 44.8 Å². The average Bonchev–Trinajstić information content (AvgIpc) is 4.11. The van der Waals surface area contributed by atoms with Crippen molar-refractivity contribution < 1.29 is 36.6 Å². The predicted molar refractivity (Wildman–Crippen MR) is 272 cm³/mol. The number of nitriles is 1. The number of carbonyl (C=O) groups excluding carboxylic acids is 2. The van der Waals surface area contributed by atoms with Crippen LogP contribution in [0.2, 0.25) is 5.02 Å². The molecular formula is C52H63ClFN9O7S. The number of piperidine rings is 1. The molecule has 0 radical (unpaired) electrons. The summed E-state index contributed by atoms with van der Waals surface area (Å²) >= 11 is 6.28. The van der Waals surface area contributed by atoms with Crippen LogP contribution in [0.5, 0.6) is 17.2 Å². The van der Waals surface area contributed by atoms with Crippen LogP contribution in [0.25, 0.3) is 5.57 Å². The van der Waals surface area contributed by atoms with E-state index in [2.05, 4.69) is 40.2 Å². The van der Waals surface area contributed by atoms with Gasteiger partial charge < -0.3 is 34.6 Å². The smallest absolute Gasteiger partial charge is 0.244 e. The summed E-state index contributed by atoms with van der Waals surface area (Å²) in [6.45, 7) is 11.4. The molecule has 5 aliphatic heterocycles. The number of likely N-dealkylation sites (N-methyl/N-ethyl adjacent to an activating group) is 1. The number of carbonyl (C=O) groups is 2. The lowest BCUT2D eigenvalue weighted by atomic mass is 9.76. The first-order chi connectivity index (χ1) is 34.1. The Balaban J connectivity index is 0.764. The molecule has 4 fully saturated rings. The summed E-state index contributed by atoms with van der Waals surface area (Å²) in [5.41, 5.74) is 2.10. The Hall–Kier alpha value is -5.58.